The van der Waals surface area contributed by atoms with Gasteiger partial charge in [0, 0.05) is 20.4 Å². The molecule has 5 nitrogen and oxygen atoms in total. The summed E-state index contributed by atoms with van der Waals surface area (Å²) >= 11 is 0. The number of anilines is 1. The molecule has 0 saturated heterocycles. The van der Waals surface area contributed by atoms with E-state index in [2.05, 4.69) is 29.1 Å². The Morgan fingerprint density at radius 2 is 1.83 bits per heavy atom. The number of nitrogens with one attached hydrogen (secondary N) is 1. The molecule has 0 unspecified atom stereocenters. The third-order valence-electron chi connectivity index (χ3n) is 2.67. The van der Waals surface area contributed by atoms with Crippen molar-refractivity contribution in [3.05, 3.63) is 17.6 Å². The first-order valence-electron chi connectivity index (χ1n) is 6.34. The second kappa shape index (κ2) is 8.00. The summed E-state index contributed by atoms with van der Waals surface area (Å²) in [7, 11) is 3.36. The van der Waals surface area contributed by atoms with Crippen LogP contribution in [0.4, 0.5) is 5.82 Å². The maximum Gasteiger partial charge on any atom is 0.148 e. The molecular formula is C13H23N3O2. The molecule has 0 fully saturated rings. The van der Waals surface area contributed by atoms with Gasteiger partial charge in [-0.1, -0.05) is 13.8 Å². The third kappa shape index (κ3) is 4.23. The number of nitrogens with zero attached hydrogens (tertiary/aromatic N) is 2. The molecule has 1 aromatic heterocycles. The van der Waals surface area contributed by atoms with E-state index in [9.17, 15) is 0 Å². The normalized spacial score (nSPS) is 10.9. The second-order valence-electron chi connectivity index (χ2n) is 4.12. The number of aryl methyl sites for hydroxylation is 2. The fourth-order valence-corrected chi connectivity index (χ4v) is 1.72. The predicted molar refractivity (Wildman–Crippen MR) is 72.0 cm³/mol. The van der Waals surface area contributed by atoms with E-state index in [4.69, 9.17) is 9.47 Å². The molecule has 0 aliphatic rings. The van der Waals surface area contributed by atoms with Gasteiger partial charge in [-0.25, -0.2) is 4.98 Å². The fraction of sp³-hybridized carbons (Fsp3) is 0.692. The molecule has 0 bridgehead atoms. The summed E-state index contributed by atoms with van der Waals surface area (Å²) in [5, 5.41) is 3.35. The van der Waals surface area contributed by atoms with Crippen molar-refractivity contribution in [1.29, 1.82) is 0 Å². The highest BCUT2D eigenvalue weighted by atomic mass is 16.5. The van der Waals surface area contributed by atoms with Gasteiger partial charge < -0.3 is 14.8 Å². The Hall–Kier alpha value is -1.20. The Morgan fingerprint density at radius 3 is 2.33 bits per heavy atom. The molecule has 0 amide bonds. The zero-order chi connectivity index (χ0) is 13.4. The number of aromatic nitrogens is 2. The van der Waals surface area contributed by atoms with Crippen LogP contribution in [0.15, 0.2) is 6.20 Å². The lowest BCUT2D eigenvalue weighted by atomic mass is 10.2. The molecule has 18 heavy (non-hydrogen) atoms. The van der Waals surface area contributed by atoms with E-state index >= 15 is 0 Å². The largest absolute Gasteiger partial charge is 0.382 e. The summed E-state index contributed by atoms with van der Waals surface area (Å²) in [6, 6.07) is 0.0895. The lowest BCUT2D eigenvalue weighted by Gasteiger charge is -2.19. The second-order valence-corrected chi connectivity index (χ2v) is 4.12. The van der Waals surface area contributed by atoms with Crippen molar-refractivity contribution in [1.82, 2.24) is 9.97 Å². The standard InChI is InChI=1S/C13H23N3O2/c1-5-10-7-14-12(6-2)13(15-10)16-11(8-17-3)9-18-4/h7,11H,5-6,8-9H2,1-4H3,(H,15,16). The average molecular weight is 253 g/mol. The molecule has 0 spiro atoms. The summed E-state index contributed by atoms with van der Waals surface area (Å²) in [4.78, 5) is 9.02. The molecule has 0 atom stereocenters. The van der Waals surface area contributed by atoms with Gasteiger partial charge in [0.15, 0.2) is 0 Å². The van der Waals surface area contributed by atoms with Crippen molar-refractivity contribution < 1.29 is 9.47 Å². The van der Waals surface area contributed by atoms with Gasteiger partial charge in [-0.05, 0) is 12.8 Å². The summed E-state index contributed by atoms with van der Waals surface area (Å²) < 4.78 is 10.3. The summed E-state index contributed by atoms with van der Waals surface area (Å²) in [6.07, 6.45) is 3.57. The Kier molecular flexibility index (Phi) is 6.60. The van der Waals surface area contributed by atoms with Gasteiger partial charge in [0.2, 0.25) is 0 Å². The van der Waals surface area contributed by atoms with Gasteiger partial charge in [-0.15, -0.1) is 0 Å². The van der Waals surface area contributed by atoms with Gasteiger partial charge in [-0.3, -0.25) is 4.98 Å². The smallest absolute Gasteiger partial charge is 0.148 e. The SMILES string of the molecule is CCc1cnc(CC)c(NC(COC)COC)n1. The molecule has 102 valence electrons. The van der Waals surface area contributed by atoms with Crippen LogP contribution in [0.25, 0.3) is 0 Å². The molecule has 0 radical (unpaired) electrons. The van der Waals surface area contributed by atoms with Gasteiger partial charge in [0.05, 0.1) is 30.6 Å². The number of hydrogen-bond donors (Lipinski definition) is 1. The van der Waals surface area contributed by atoms with Crippen LogP contribution < -0.4 is 5.32 Å². The van der Waals surface area contributed by atoms with Crippen molar-refractivity contribution in [2.45, 2.75) is 32.7 Å². The zero-order valence-corrected chi connectivity index (χ0v) is 11.7. The number of ether oxygens (including phenoxy) is 2. The topological polar surface area (TPSA) is 56.3 Å². The van der Waals surface area contributed by atoms with Crippen LogP contribution in [0.2, 0.25) is 0 Å². The van der Waals surface area contributed by atoms with Crippen LogP contribution in [-0.4, -0.2) is 43.4 Å². The Morgan fingerprint density at radius 1 is 1.17 bits per heavy atom. The van der Waals surface area contributed by atoms with E-state index in [1.54, 1.807) is 14.2 Å². The minimum absolute atomic E-state index is 0.0895. The molecule has 5 heteroatoms. The van der Waals surface area contributed by atoms with Crippen LogP contribution in [0.5, 0.6) is 0 Å². The van der Waals surface area contributed by atoms with E-state index in [0.717, 1.165) is 30.0 Å². The number of rotatable bonds is 8. The van der Waals surface area contributed by atoms with Crippen LogP contribution >= 0.6 is 0 Å². The molecule has 1 heterocycles. The molecule has 1 rings (SSSR count). The molecule has 1 N–H and O–H groups in total. The van der Waals surface area contributed by atoms with Crippen molar-refractivity contribution in [2.24, 2.45) is 0 Å². The highest BCUT2D eigenvalue weighted by Crippen LogP contribution is 2.13. The minimum Gasteiger partial charge on any atom is -0.382 e. The highest BCUT2D eigenvalue weighted by Gasteiger charge is 2.12. The van der Waals surface area contributed by atoms with Crippen LogP contribution in [0.1, 0.15) is 25.2 Å². The van der Waals surface area contributed by atoms with Gasteiger partial charge in [0.25, 0.3) is 0 Å². The summed E-state index contributed by atoms with van der Waals surface area (Å²) in [5.74, 6) is 0.843. The Balaban J connectivity index is 2.84. The quantitative estimate of drug-likeness (QED) is 0.764. The van der Waals surface area contributed by atoms with Gasteiger partial charge >= 0.3 is 0 Å². The van der Waals surface area contributed by atoms with Crippen LogP contribution in [0, 0.1) is 0 Å². The van der Waals surface area contributed by atoms with Gasteiger partial charge in [-0.2, -0.15) is 0 Å². The van der Waals surface area contributed by atoms with Crippen LogP contribution in [0.3, 0.4) is 0 Å². The van der Waals surface area contributed by atoms with E-state index in [1.165, 1.54) is 0 Å². The zero-order valence-electron chi connectivity index (χ0n) is 11.7. The maximum atomic E-state index is 5.17. The molecule has 0 saturated carbocycles. The van der Waals surface area contributed by atoms with Crippen molar-refractivity contribution in [2.75, 3.05) is 32.8 Å². The number of hydrogen-bond acceptors (Lipinski definition) is 5. The molecule has 0 aromatic carbocycles. The van der Waals surface area contributed by atoms with E-state index in [1.807, 2.05) is 6.20 Å². The highest BCUT2D eigenvalue weighted by molar-refractivity contribution is 5.41. The molecule has 0 aliphatic carbocycles. The Labute approximate surface area is 109 Å². The van der Waals surface area contributed by atoms with E-state index < -0.39 is 0 Å². The Bertz CT molecular complexity index is 352. The molecule has 1 aromatic rings. The van der Waals surface area contributed by atoms with E-state index in [0.29, 0.717) is 13.2 Å². The fourth-order valence-electron chi connectivity index (χ4n) is 1.72. The third-order valence-corrected chi connectivity index (χ3v) is 2.67. The first-order chi connectivity index (χ1) is 8.74. The lowest BCUT2D eigenvalue weighted by Crippen LogP contribution is -2.31. The predicted octanol–water partition coefficient (Wildman–Crippen LogP) is 1.67. The monoisotopic (exact) mass is 253 g/mol. The van der Waals surface area contributed by atoms with Gasteiger partial charge in [0.1, 0.15) is 5.82 Å². The van der Waals surface area contributed by atoms with Crippen LogP contribution in [-0.2, 0) is 22.3 Å². The maximum absolute atomic E-state index is 5.17. The summed E-state index contributed by atoms with van der Waals surface area (Å²) in [5.41, 5.74) is 1.97. The average Bonchev–Trinajstić information content (AvgIpc) is 2.39. The minimum atomic E-state index is 0.0895. The molecular weight excluding hydrogens is 230 g/mol. The van der Waals surface area contributed by atoms with Crippen molar-refractivity contribution in [3.8, 4) is 0 Å². The molecule has 0 aliphatic heterocycles. The van der Waals surface area contributed by atoms with Crippen molar-refractivity contribution in [3.63, 3.8) is 0 Å². The summed E-state index contributed by atoms with van der Waals surface area (Å²) in [6.45, 7) is 5.30. The first kappa shape index (κ1) is 14.9. The van der Waals surface area contributed by atoms with E-state index in [-0.39, 0.29) is 6.04 Å². The first-order valence-corrected chi connectivity index (χ1v) is 6.34. The van der Waals surface area contributed by atoms with Crippen molar-refractivity contribution >= 4 is 5.82 Å². The number of methoxy groups -OCH3 is 2. The lowest BCUT2D eigenvalue weighted by molar-refractivity contribution is 0.126.